The van der Waals surface area contributed by atoms with Crippen LogP contribution in [0.3, 0.4) is 0 Å². The van der Waals surface area contributed by atoms with E-state index >= 15 is 0 Å². The number of nitrogens with one attached hydrogen (secondary N) is 1. The van der Waals surface area contributed by atoms with E-state index in [9.17, 15) is 26.4 Å². The van der Waals surface area contributed by atoms with Crippen molar-refractivity contribution >= 4 is 21.9 Å². The molecule has 2 rings (SSSR count). The summed E-state index contributed by atoms with van der Waals surface area (Å²) in [6, 6.07) is 4.55. The van der Waals surface area contributed by atoms with Crippen LogP contribution in [0.1, 0.15) is 26.2 Å². The number of ether oxygens (including phenoxy) is 2. The van der Waals surface area contributed by atoms with E-state index in [4.69, 9.17) is 19.4 Å². The van der Waals surface area contributed by atoms with Crippen LogP contribution in [0.5, 0.6) is 11.5 Å². The Kier molecular flexibility index (Phi) is 12.3. The maximum absolute atomic E-state index is 13.2. The number of hydrogen-bond acceptors (Lipinski definition) is 7. The molecule has 0 bridgehead atoms. The average molecular weight is 528 g/mol. The number of benzene rings is 1. The molecule has 1 amide bonds. The minimum atomic E-state index is -5.08. The van der Waals surface area contributed by atoms with Crippen molar-refractivity contribution in [3.8, 4) is 11.5 Å². The number of carboxylic acids is 1. The van der Waals surface area contributed by atoms with E-state index in [1.165, 1.54) is 30.7 Å². The number of carbonyl (C=O) groups is 2. The molecule has 1 aliphatic rings. The number of amides is 1. The van der Waals surface area contributed by atoms with Gasteiger partial charge in [-0.25, -0.2) is 13.2 Å². The molecule has 0 radical (unpaired) electrons. The van der Waals surface area contributed by atoms with Crippen LogP contribution in [0, 0.1) is 0 Å². The number of unbranched alkanes of at least 4 members (excludes halogenated alkanes) is 1. The third-order valence-corrected chi connectivity index (χ3v) is 6.94. The van der Waals surface area contributed by atoms with E-state index in [1.807, 2.05) is 6.92 Å². The number of nitrogens with zero attached hydrogens (tertiary/aromatic N) is 2. The van der Waals surface area contributed by atoms with Crippen LogP contribution in [0.4, 0.5) is 13.2 Å². The summed E-state index contributed by atoms with van der Waals surface area (Å²) in [5.41, 5.74) is 0. The molecule has 10 nitrogen and oxygen atoms in total. The first-order valence-corrected chi connectivity index (χ1v) is 12.3. The largest absolute Gasteiger partial charge is 0.493 e. The van der Waals surface area contributed by atoms with Crippen molar-refractivity contribution in [2.45, 2.75) is 37.3 Å². The highest BCUT2D eigenvalue weighted by Gasteiger charge is 2.38. The highest BCUT2D eigenvalue weighted by atomic mass is 32.2. The second-order valence-corrected chi connectivity index (χ2v) is 9.40. The summed E-state index contributed by atoms with van der Waals surface area (Å²) >= 11 is 0. The minimum Gasteiger partial charge on any atom is -0.493 e. The minimum absolute atomic E-state index is 0.00879. The molecule has 0 unspecified atom stereocenters. The number of hydrogen-bond donors (Lipinski definition) is 2. The zero-order valence-electron chi connectivity index (χ0n) is 19.9. The first-order chi connectivity index (χ1) is 16.4. The number of methoxy groups -OCH3 is 2. The van der Waals surface area contributed by atoms with Gasteiger partial charge in [0.1, 0.15) is 0 Å². The number of piperazine rings is 1. The summed E-state index contributed by atoms with van der Waals surface area (Å²) in [6.07, 6.45) is -3.31. The molecule has 1 saturated heterocycles. The third-order valence-electron chi connectivity index (χ3n) is 5.04. The Morgan fingerprint density at radius 3 is 2.17 bits per heavy atom. The molecule has 1 aliphatic heterocycles. The first kappa shape index (κ1) is 30.5. The van der Waals surface area contributed by atoms with Gasteiger partial charge in [-0.15, -0.1) is 0 Å². The number of carboxylic acid groups (broad SMARTS) is 1. The van der Waals surface area contributed by atoms with Gasteiger partial charge in [0.25, 0.3) is 0 Å². The lowest BCUT2D eigenvalue weighted by Crippen LogP contribution is -2.47. The maximum Gasteiger partial charge on any atom is 0.490 e. The number of carbonyl (C=O) groups excluding carboxylic acids is 1. The number of aliphatic carboxylic acids is 1. The van der Waals surface area contributed by atoms with Crippen molar-refractivity contribution in [3.05, 3.63) is 18.2 Å². The number of halogens is 3. The Balaban J connectivity index is 0.000000762. The van der Waals surface area contributed by atoms with E-state index in [0.29, 0.717) is 31.1 Å². The molecule has 1 heterocycles. The van der Waals surface area contributed by atoms with Crippen LogP contribution in [0.2, 0.25) is 0 Å². The quantitative estimate of drug-likeness (QED) is 0.473. The van der Waals surface area contributed by atoms with Gasteiger partial charge in [0, 0.05) is 51.8 Å². The zero-order valence-corrected chi connectivity index (χ0v) is 20.7. The Hall–Kier alpha value is -2.58. The normalized spacial score (nSPS) is 14.2. The number of alkyl halides is 3. The zero-order chi connectivity index (χ0) is 26.6. The topological polar surface area (TPSA) is 125 Å². The maximum atomic E-state index is 13.2. The summed E-state index contributed by atoms with van der Waals surface area (Å²) in [5.74, 6) is -1.94. The van der Waals surface area contributed by atoms with Gasteiger partial charge in [-0.2, -0.15) is 17.5 Å². The Morgan fingerprint density at radius 1 is 1.11 bits per heavy atom. The van der Waals surface area contributed by atoms with Gasteiger partial charge in [0.05, 0.1) is 19.1 Å². The van der Waals surface area contributed by atoms with Crippen LogP contribution in [0.25, 0.3) is 0 Å². The molecular formula is C21H32F3N3O7S. The number of rotatable bonds is 10. The summed E-state index contributed by atoms with van der Waals surface area (Å²) in [5, 5.41) is 10.3. The van der Waals surface area contributed by atoms with Crippen LogP contribution < -0.4 is 14.8 Å². The van der Waals surface area contributed by atoms with Gasteiger partial charge in [0.15, 0.2) is 11.5 Å². The van der Waals surface area contributed by atoms with Crippen LogP contribution >= 0.6 is 0 Å². The lowest BCUT2D eigenvalue weighted by atomic mass is 10.3. The molecule has 1 aromatic rings. The second kappa shape index (κ2) is 14.1. The molecule has 0 spiro atoms. The third kappa shape index (κ3) is 9.53. The van der Waals surface area contributed by atoms with E-state index in [1.54, 1.807) is 11.0 Å². The van der Waals surface area contributed by atoms with Gasteiger partial charge in [-0.1, -0.05) is 13.3 Å². The van der Waals surface area contributed by atoms with Crippen molar-refractivity contribution in [3.63, 3.8) is 0 Å². The average Bonchev–Trinajstić information content (AvgIpc) is 2.83. The SMILES string of the molecule is CCCCN(CCC(=O)N1CCNCC1)S(=O)(=O)c1ccc(OC)c(OC)c1.O=C(O)C(F)(F)F. The van der Waals surface area contributed by atoms with Crippen molar-refractivity contribution in [2.24, 2.45) is 0 Å². The lowest BCUT2D eigenvalue weighted by Gasteiger charge is -2.29. The molecular weight excluding hydrogens is 495 g/mol. The summed E-state index contributed by atoms with van der Waals surface area (Å²) in [4.78, 5) is 23.3. The molecule has 0 atom stereocenters. The Labute approximate surface area is 203 Å². The highest BCUT2D eigenvalue weighted by molar-refractivity contribution is 7.89. The Morgan fingerprint density at radius 2 is 1.69 bits per heavy atom. The van der Waals surface area contributed by atoms with Crippen LogP contribution in [0.15, 0.2) is 23.1 Å². The fourth-order valence-electron chi connectivity index (χ4n) is 3.11. The van der Waals surface area contributed by atoms with Gasteiger partial charge in [-0.3, -0.25) is 4.79 Å². The number of sulfonamides is 1. The monoisotopic (exact) mass is 527 g/mol. The molecule has 0 aromatic heterocycles. The summed E-state index contributed by atoms with van der Waals surface area (Å²) in [7, 11) is -0.774. The van der Waals surface area contributed by atoms with Gasteiger partial charge in [-0.05, 0) is 18.6 Å². The fraction of sp³-hybridized carbons (Fsp3) is 0.619. The molecule has 14 heteroatoms. The van der Waals surface area contributed by atoms with E-state index in [2.05, 4.69) is 5.32 Å². The molecule has 2 N–H and O–H groups in total. The van der Waals surface area contributed by atoms with Crippen molar-refractivity contribution < 1.29 is 45.8 Å². The van der Waals surface area contributed by atoms with Gasteiger partial charge in [0.2, 0.25) is 15.9 Å². The van der Waals surface area contributed by atoms with Gasteiger partial charge < -0.3 is 24.8 Å². The van der Waals surface area contributed by atoms with Crippen molar-refractivity contribution in [2.75, 3.05) is 53.5 Å². The molecule has 35 heavy (non-hydrogen) atoms. The predicted octanol–water partition coefficient (Wildman–Crippen LogP) is 1.95. The van der Waals surface area contributed by atoms with Crippen molar-refractivity contribution in [1.29, 1.82) is 0 Å². The molecule has 200 valence electrons. The summed E-state index contributed by atoms with van der Waals surface area (Å²) in [6.45, 7) is 5.42. The summed E-state index contributed by atoms with van der Waals surface area (Å²) < 4.78 is 69.9. The van der Waals surface area contributed by atoms with Crippen molar-refractivity contribution in [1.82, 2.24) is 14.5 Å². The smallest absolute Gasteiger partial charge is 0.490 e. The molecule has 0 saturated carbocycles. The van der Waals surface area contributed by atoms with E-state index in [-0.39, 0.29) is 23.8 Å². The van der Waals surface area contributed by atoms with Crippen LogP contribution in [-0.2, 0) is 19.6 Å². The fourth-order valence-corrected chi connectivity index (χ4v) is 4.60. The molecule has 1 fully saturated rings. The first-order valence-electron chi connectivity index (χ1n) is 10.9. The van der Waals surface area contributed by atoms with E-state index in [0.717, 1.165) is 25.9 Å². The van der Waals surface area contributed by atoms with Gasteiger partial charge >= 0.3 is 12.1 Å². The second-order valence-electron chi connectivity index (χ2n) is 7.46. The lowest BCUT2D eigenvalue weighted by molar-refractivity contribution is -0.192. The van der Waals surface area contributed by atoms with E-state index < -0.39 is 22.2 Å². The standard InChI is InChI=1S/C19H31N3O5S.C2HF3O2/c1-4-5-11-22(12-8-19(23)21-13-9-20-10-14-21)28(24,25)16-6-7-17(26-2)18(15-16)27-3;3-2(4,5)1(6)7/h6-7,15,20H,4-5,8-14H2,1-3H3;(H,6,7). The van der Waals surface area contributed by atoms with Crippen LogP contribution in [-0.4, -0.2) is 94.3 Å². The molecule has 0 aliphatic carbocycles. The Bertz CT molecular complexity index is 937. The highest BCUT2D eigenvalue weighted by Crippen LogP contribution is 2.30. The molecule has 1 aromatic carbocycles. The predicted molar refractivity (Wildman–Crippen MR) is 121 cm³/mol.